The van der Waals surface area contributed by atoms with Crippen LogP contribution in [0.15, 0.2) is 24.3 Å². The van der Waals surface area contributed by atoms with E-state index in [0.717, 1.165) is 44.9 Å². The highest BCUT2D eigenvalue weighted by Gasteiger charge is 2.28. The van der Waals surface area contributed by atoms with Crippen LogP contribution in [0.3, 0.4) is 0 Å². The Labute approximate surface area is 386 Å². The summed E-state index contributed by atoms with van der Waals surface area (Å²) in [5.41, 5.74) is 0. The lowest BCUT2D eigenvalue weighted by Gasteiger charge is -2.27. The van der Waals surface area contributed by atoms with E-state index in [4.69, 9.17) is 0 Å². The van der Waals surface area contributed by atoms with Gasteiger partial charge in [0.05, 0.1) is 18.8 Å². The minimum absolute atomic E-state index is 0.364. The van der Waals surface area contributed by atoms with Gasteiger partial charge < -0.3 is 25.7 Å². The van der Waals surface area contributed by atoms with Crippen molar-refractivity contribution in [3.05, 3.63) is 24.3 Å². The van der Waals surface area contributed by atoms with Gasteiger partial charge in [0.15, 0.2) is 0 Å². The van der Waals surface area contributed by atoms with E-state index in [-0.39, 0.29) is 0 Å². The second-order valence-electron chi connectivity index (χ2n) is 19.3. The van der Waals surface area contributed by atoms with Gasteiger partial charge in [-0.2, -0.15) is 0 Å². The molecule has 6 nitrogen and oxygen atoms in total. The number of carbonyl (C=O) groups is 1. The lowest BCUT2D eigenvalue weighted by Crippen LogP contribution is -2.53. The first kappa shape index (κ1) is 60.8. The molecule has 0 radical (unpaired) electrons. The molecule has 6 heteroatoms. The highest BCUT2D eigenvalue weighted by atomic mass is 16.3. The summed E-state index contributed by atoms with van der Waals surface area (Å²) in [6, 6.07) is -1.00. The van der Waals surface area contributed by atoms with Crippen LogP contribution in [0, 0.1) is 0 Å². The van der Waals surface area contributed by atoms with E-state index in [1.54, 1.807) is 0 Å². The standard InChI is InChI=1S/C56H109NO5/c1-3-5-7-9-11-13-15-16-17-18-19-20-21-22-23-24-25-26-27-28-29-30-31-32-33-34-35-36-37-38-39-40-42-44-46-48-50-54(60)56(62)57-52(51-58)55(61)53(59)49-47-45-43-41-14-12-10-8-6-4-2/h8,10,41,43,52-55,58-61H,3-7,9,11-40,42,44-51H2,1-2H3,(H,57,62)/b10-8+,43-41+. The van der Waals surface area contributed by atoms with E-state index in [0.29, 0.717) is 19.3 Å². The molecule has 368 valence electrons. The summed E-state index contributed by atoms with van der Waals surface area (Å²) in [4.78, 5) is 12.5. The largest absolute Gasteiger partial charge is 0.394 e. The van der Waals surface area contributed by atoms with Crippen LogP contribution >= 0.6 is 0 Å². The first-order valence-electron chi connectivity index (χ1n) is 27.7. The van der Waals surface area contributed by atoms with Crippen LogP contribution in [0.4, 0.5) is 0 Å². The van der Waals surface area contributed by atoms with Crippen molar-refractivity contribution in [1.29, 1.82) is 0 Å². The topological polar surface area (TPSA) is 110 Å². The fourth-order valence-electron chi connectivity index (χ4n) is 8.78. The van der Waals surface area contributed by atoms with Gasteiger partial charge in [-0.15, -0.1) is 0 Å². The van der Waals surface area contributed by atoms with E-state index in [1.807, 2.05) is 0 Å². The SMILES string of the molecule is CCC/C=C/CC/C=C/CCCC(O)C(O)C(CO)NC(=O)C(O)CCCCCCCCCCCCCCCCCCCCCCCCCCCCCCCCCCCCCC. The third-order valence-corrected chi connectivity index (χ3v) is 13.1. The average Bonchev–Trinajstić information content (AvgIpc) is 3.28. The zero-order valence-electron chi connectivity index (χ0n) is 41.6. The van der Waals surface area contributed by atoms with Crippen molar-refractivity contribution < 1.29 is 25.2 Å². The van der Waals surface area contributed by atoms with Crippen molar-refractivity contribution in [2.24, 2.45) is 0 Å². The molecular weight excluding hydrogens is 767 g/mol. The minimum Gasteiger partial charge on any atom is -0.394 e. The Morgan fingerprint density at radius 1 is 0.387 bits per heavy atom. The van der Waals surface area contributed by atoms with Gasteiger partial charge in [-0.05, 0) is 44.9 Å². The van der Waals surface area contributed by atoms with Crippen molar-refractivity contribution in [2.75, 3.05) is 6.61 Å². The molecule has 0 rings (SSSR count). The molecule has 0 aliphatic rings. The molecule has 4 atom stereocenters. The number of aliphatic hydroxyl groups excluding tert-OH is 4. The predicted molar refractivity (Wildman–Crippen MR) is 270 cm³/mol. The van der Waals surface area contributed by atoms with E-state index in [9.17, 15) is 25.2 Å². The van der Waals surface area contributed by atoms with Crippen molar-refractivity contribution in [1.82, 2.24) is 5.32 Å². The Bertz CT molecular complexity index is 939. The molecular formula is C56H109NO5. The van der Waals surface area contributed by atoms with E-state index < -0.39 is 36.9 Å². The number of unbranched alkanes of at least 4 members (excludes halogenated alkanes) is 38. The fraction of sp³-hybridized carbons (Fsp3) is 0.911. The molecule has 0 heterocycles. The smallest absolute Gasteiger partial charge is 0.249 e. The summed E-state index contributed by atoms with van der Waals surface area (Å²) in [6.45, 7) is 3.97. The predicted octanol–water partition coefficient (Wildman–Crippen LogP) is 15.9. The number of nitrogens with one attached hydrogen (secondary N) is 1. The maximum absolute atomic E-state index is 12.5. The summed E-state index contributed by atoms with van der Waals surface area (Å²) in [5.74, 6) is -0.595. The zero-order chi connectivity index (χ0) is 45.2. The molecule has 62 heavy (non-hydrogen) atoms. The van der Waals surface area contributed by atoms with Crippen LogP contribution in [-0.4, -0.2) is 57.3 Å². The van der Waals surface area contributed by atoms with Gasteiger partial charge in [-0.25, -0.2) is 0 Å². The first-order valence-corrected chi connectivity index (χ1v) is 27.7. The molecule has 0 fully saturated rings. The Kier molecular flexibility index (Phi) is 49.8. The van der Waals surface area contributed by atoms with Crippen LogP contribution in [0.2, 0.25) is 0 Å². The van der Waals surface area contributed by atoms with Crippen molar-refractivity contribution in [2.45, 2.75) is 321 Å². The van der Waals surface area contributed by atoms with Crippen LogP contribution < -0.4 is 5.32 Å². The maximum atomic E-state index is 12.5. The number of rotatable bonds is 51. The van der Waals surface area contributed by atoms with Crippen LogP contribution in [0.1, 0.15) is 296 Å². The van der Waals surface area contributed by atoms with Gasteiger partial charge in [-0.3, -0.25) is 4.79 Å². The van der Waals surface area contributed by atoms with Crippen molar-refractivity contribution >= 4 is 5.91 Å². The van der Waals surface area contributed by atoms with Crippen molar-refractivity contribution in [3.63, 3.8) is 0 Å². The first-order chi connectivity index (χ1) is 30.5. The molecule has 0 aromatic rings. The van der Waals surface area contributed by atoms with E-state index >= 15 is 0 Å². The Morgan fingerprint density at radius 2 is 0.694 bits per heavy atom. The lowest BCUT2D eigenvalue weighted by molar-refractivity contribution is -0.132. The molecule has 0 aliphatic carbocycles. The fourth-order valence-corrected chi connectivity index (χ4v) is 8.78. The second-order valence-corrected chi connectivity index (χ2v) is 19.3. The summed E-state index contributed by atoms with van der Waals surface area (Å²) < 4.78 is 0. The number of aliphatic hydroxyl groups is 4. The molecule has 0 saturated carbocycles. The Balaban J connectivity index is 3.46. The molecule has 0 aliphatic heterocycles. The number of amides is 1. The average molecular weight is 876 g/mol. The second kappa shape index (κ2) is 50.8. The molecule has 4 unspecified atom stereocenters. The molecule has 0 bridgehead atoms. The summed E-state index contributed by atoms with van der Waals surface area (Å²) in [6.07, 6.45) is 61.5. The number of hydrogen-bond donors (Lipinski definition) is 5. The third-order valence-electron chi connectivity index (χ3n) is 13.1. The number of carbonyl (C=O) groups excluding carboxylic acids is 1. The Hall–Kier alpha value is -1.21. The number of allylic oxidation sites excluding steroid dienone is 4. The van der Waals surface area contributed by atoms with Gasteiger partial charge in [0.25, 0.3) is 0 Å². The van der Waals surface area contributed by atoms with Gasteiger partial charge in [0.2, 0.25) is 5.91 Å². The van der Waals surface area contributed by atoms with Crippen LogP contribution in [-0.2, 0) is 4.79 Å². The molecule has 0 spiro atoms. The summed E-state index contributed by atoms with van der Waals surface area (Å²) >= 11 is 0. The molecule has 5 N–H and O–H groups in total. The summed E-state index contributed by atoms with van der Waals surface area (Å²) in [7, 11) is 0. The Morgan fingerprint density at radius 3 is 1.02 bits per heavy atom. The van der Waals surface area contributed by atoms with Crippen molar-refractivity contribution in [3.8, 4) is 0 Å². The van der Waals surface area contributed by atoms with Crippen LogP contribution in [0.25, 0.3) is 0 Å². The molecule has 0 saturated heterocycles. The molecule has 0 aromatic heterocycles. The quantitative estimate of drug-likeness (QED) is 0.0309. The number of hydrogen-bond acceptors (Lipinski definition) is 5. The molecule has 1 amide bonds. The highest BCUT2D eigenvalue weighted by molar-refractivity contribution is 5.80. The van der Waals surface area contributed by atoms with Gasteiger partial charge in [0, 0.05) is 0 Å². The van der Waals surface area contributed by atoms with Gasteiger partial charge in [0.1, 0.15) is 12.2 Å². The van der Waals surface area contributed by atoms with Crippen LogP contribution in [0.5, 0.6) is 0 Å². The normalized spacial score (nSPS) is 14.0. The lowest BCUT2D eigenvalue weighted by atomic mass is 10.00. The highest BCUT2D eigenvalue weighted by Crippen LogP contribution is 2.18. The van der Waals surface area contributed by atoms with E-state index in [2.05, 4.69) is 43.5 Å². The third kappa shape index (κ3) is 44.0. The zero-order valence-corrected chi connectivity index (χ0v) is 41.6. The minimum atomic E-state index is -1.29. The monoisotopic (exact) mass is 876 g/mol. The summed E-state index contributed by atoms with van der Waals surface area (Å²) in [5, 5.41) is 43.6. The molecule has 0 aromatic carbocycles. The maximum Gasteiger partial charge on any atom is 0.249 e. The van der Waals surface area contributed by atoms with Gasteiger partial charge in [-0.1, -0.05) is 276 Å². The van der Waals surface area contributed by atoms with Gasteiger partial charge >= 0.3 is 0 Å². The van der Waals surface area contributed by atoms with E-state index in [1.165, 1.54) is 218 Å².